The van der Waals surface area contributed by atoms with E-state index in [0.717, 1.165) is 18.3 Å². The number of benzene rings is 1. The lowest BCUT2D eigenvalue weighted by atomic mass is 10.1. The Hall–Kier alpha value is -4.76. The van der Waals surface area contributed by atoms with Gasteiger partial charge in [0.15, 0.2) is 0 Å². The van der Waals surface area contributed by atoms with Gasteiger partial charge in [-0.1, -0.05) is 0 Å². The average molecular weight is 614 g/mol. The number of carbonyl (C=O) groups is 2. The van der Waals surface area contributed by atoms with Crippen LogP contribution in [-0.4, -0.2) is 75.6 Å². The van der Waals surface area contributed by atoms with Gasteiger partial charge in [0.1, 0.15) is 46.6 Å². The number of anilines is 2. The van der Waals surface area contributed by atoms with Gasteiger partial charge in [0, 0.05) is 36.8 Å². The van der Waals surface area contributed by atoms with Gasteiger partial charge in [-0.15, -0.1) is 0 Å². The Kier molecular flexibility index (Phi) is 8.43. The van der Waals surface area contributed by atoms with Crippen LogP contribution in [0, 0.1) is 0 Å². The summed E-state index contributed by atoms with van der Waals surface area (Å²) in [6, 6.07) is 5.87. The number of fused-ring (bicyclic) bond motifs is 1. The molecule has 3 N–H and O–H groups in total. The van der Waals surface area contributed by atoms with E-state index in [1.807, 2.05) is 6.92 Å². The lowest BCUT2D eigenvalue weighted by Gasteiger charge is -2.38. The summed E-state index contributed by atoms with van der Waals surface area (Å²) in [6.07, 6.45) is -1.67. The summed E-state index contributed by atoms with van der Waals surface area (Å²) in [7, 11) is 2.88. The summed E-state index contributed by atoms with van der Waals surface area (Å²) in [5.41, 5.74) is 6.78. The monoisotopic (exact) mass is 613 g/mol. The second kappa shape index (κ2) is 12.1. The number of nitrogens with two attached hydrogens (primary N) is 1. The molecule has 1 aliphatic heterocycles. The number of aromatic nitrogens is 4. The number of carbonyl (C=O) groups excluding carboxylic acids is 2. The highest BCUT2D eigenvalue weighted by molar-refractivity contribution is 6.04. The Morgan fingerprint density at radius 1 is 1.16 bits per heavy atom. The number of ether oxygens (including phenoxy) is 3. The highest BCUT2D eigenvalue weighted by Gasteiger charge is 2.36. The van der Waals surface area contributed by atoms with E-state index >= 15 is 0 Å². The van der Waals surface area contributed by atoms with Crippen molar-refractivity contribution in [2.45, 2.75) is 38.3 Å². The number of morpholine rings is 1. The van der Waals surface area contributed by atoms with Crippen LogP contribution >= 0.6 is 0 Å². The number of amides is 2. The van der Waals surface area contributed by atoms with Gasteiger partial charge >= 0.3 is 6.18 Å². The average Bonchev–Trinajstić information content (AvgIpc) is 3.40. The van der Waals surface area contributed by atoms with E-state index in [9.17, 15) is 22.8 Å². The van der Waals surface area contributed by atoms with Crippen molar-refractivity contribution in [3.8, 4) is 17.0 Å². The number of alkyl halides is 3. The fraction of sp³-hybridized carbons (Fsp3) is 0.345. The van der Waals surface area contributed by atoms with E-state index in [1.54, 1.807) is 28.5 Å². The minimum Gasteiger partial charge on any atom is -0.496 e. The number of hydrogen-bond donors (Lipinski definition) is 2. The summed E-state index contributed by atoms with van der Waals surface area (Å²) in [6.45, 7) is 4.06. The van der Waals surface area contributed by atoms with Gasteiger partial charge in [0.2, 0.25) is 0 Å². The standard InChI is InChI=1S/C29H30F3N7O5/c1-15-14-44-21(13-39(15)28(41)16(2)42-3)26-37-23(24-25(33)35-9-10-38(24)26)19-6-5-17(11-20(19)43-4)27(40)36-22-12-18(7-8-34-22)29(30,31)32/h5-12,15-16,21H,13-14H2,1-4H3,(H2,33,35)(H,34,36,40)/t15-,16-,21+/m0/s1. The summed E-state index contributed by atoms with van der Waals surface area (Å²) in [5.74, 6) is -0.243. The first-order valence-electron chi connectivity index (χ1n) is 13.5. The number of nitrogens with zero attached hydrogens (tertiary/aromatic N) is 5. The van der Waals surface area contributed by atoms with Crippen molar-refractivity contribution in [1.29, 1.82) is 0 Å². The molecule has 0 radical (unpaired) electrons. The van der Waals surface area contributed by atoms with Crippen molar-refractivity contribution >= 4 is 29.0 Å². The molecule has 5 rings (SSSR count). The van der Waals surface area contributed by atoms with Gasteiger partial charge in [-0.05, 0) is 44.2 Å². The number of pyridine rings is 1. The Morgan fingerprint density at radius 2 is 1.93 bits per heavy atom. The molecule has 12 nitrogen and oxygen atoms in total. The quantitative estimate of drug-likeness (QED) is 0.316. The molecule has 1 fully saturated rings. The Labute approximate surface area is 250 Å². The minimum absolute atomic E-state index is 0.102. The third-order valence-electron chi connectivity index (χ3n) is 7.36. The van der Waals surface area contributed by atoms with E-state index in [1.165, 1.54) is 32.5 Å². The molecule has 1 aromatic carbocycles. The number of imidazole rings is 1. The zero-order valence-corrected chi connectivity index (χ0v) is 24.3. The van der Waals surface area contributed by atoms with E-state index in [-0.39, 0.29) is 48.0 Å². The molecule has 1 saturated heterocycles. The van der Waals surface area contributed by atoms with Crippen LogP contribution < -0.4 is 15.8 Å². The molecule has 3 aromatic heterocycles. The van der Waals surface area contributed by atoms with Crippen molar-refractivity contribution in [3.63, 3.8) is 0 Å². The summed E-state index contributed by atoms with van der Waals surface area (Å²) < 4.78 is 58.0. The van der Waals surface area contributed by atoms with Crippen molar-refractivity contribution in [1.82, 2.24) is 24.3 Å². The highest BCUT2D eigenvalue weighted by atomic mass is 19.4. The molecule has 2 amide bonds. The molecule has 0 unspecified atom stereocenters. The third-order valence-corrected chi connectivity index (χ3v) is 7.36. The normalized spacial score (nSPS) is 17.8. The first-order chi connectivity index (χ1) is 20.9. The molecule has 44 heavy (non-hydrogen) atoms. The molecule has 0 bridgehead atoms. The maximum Gasteiger partial charge on any atom is 0.416 e. The van der Waals surface area contributed by atoms with Gasteiger partial charge in [-0.2, -0.15) is 13.2 Å². The number of methoxy groups -OCH3 is 2. The number of nitrogens with one attached hydrogen (secondary N) is 1. The predicted octanol–water partition coefficient (Wildman–Crippen LogP) is 3.98. The number of hydrogen-bond acceptors (Lipinski definition) is 9. The van der Waals surface area contributed by atoms with Crippen LogP contribution in [0.15, 0.2) is 48.9 Å². The predicted molar refractivity (Wildman–Crippen MR) is 153 cm³/mol. The second-order valence-corrected chi connectivity index (χ2v) is 10.2. The van der Waals surface area contributed by atoms with Crippen molar-refractivity contribution < 1.29 is 37.0 Å². The molecule has 232 valence electrons. The minimum atomic E-state index is -4.59. The summed E-state index contributed by atoms with van der Waals surface area (Å²) in [5, 5.41) is 2.38. The van der Waals surface area contributed by atoms with Crippen molar-refractivity contribution in [2.24, 2.45) is 0 Å². The third kappa shape index (κ3) is 5.88. The molecular formula is C29H30F3N7O5. The van der Waals surface area contributed by atoms with Gasteiger partial charge < -0.3 is 30.2 Å². The molecule has 0 saturated carbocycles. The zero-order valence-electron chi connectivity index (χ0n) is 24.3. The lowest BCUT2D eigenvalue weighted by molar-refractivity contribution is -0.154. The van der Waals surface area contributed by atoms with Gasteiger partial charge in [0.05, 0.1) is 31.9 Å². The Morgan fingerprint density at radius 3 is 2.64 bits per heavy atom. The Bertz CT molecular complexity index is 1710. The van der Waals surface area contributed by atoms with E-state index in [0.29, 0.717) is 22.6 Å². The van der Waals surface area contributed by atoms with Crippen LogP contribution in [0.3, 0.4) is 0 Å². The van der Waals surface area contributed by atoms with Gasteiger partial charge in [-0.25, -0.2) is 15.0 Å². The zero-order chi connectivity index (χ0) is 31.8. The molecule has 1 aliphatic rings. The summed E-state index contributed by atoms with van der Waals surface area (Å²) in [4.78, 5) is 40.5. The second-order valence-electron chi connectivity index (χ2n) is 10.2. The molecule has 15 heteroatoms. The van der Waals surface area contributed by atoms with E-state index in [2.05, 4.69) is 15.3 Å². The molecule has 4 aromatic rings. The summed E-state index contributed by atoms with van der Waals surface area (Å²) >= 11 is 0. The lowest BCUT2D eigenvalue weighted by Crippen LogP contribution is -2.51. The van der Waals surface area contributed by atoms with Crippen LogP contribution in [-0.2, 0) is 20.4 Å². The van der Waals surface area contributed by atoms with Crippen LogP contribution in [0.2, 0.25) is 0 Å². The maximum atomic E-state index is 13.1. The van der Waals surface area contributed by atoms with E-state index in [4.69, 9.17) is 24.9 Å². The fourth-order valence-corrected chi connectivity index (χ4v) is 4.95. The molecule has 3 atom stereocenters. The molecule has 0 spiro atoms. The van der Waals surface area contributed by atoms with Crippen LogP contribution in [0.5, 0.6) is 5.75 Å². The number of halogens is 3. The topological polar surface area (TPSA) is 146 Å². The first-order valence-corrected chi connectivity index (χ1v) is 13.5. The highest BCUT2D eigenvalue weighted by Crippen LogP contribution is 2.38. The smallest absolute Gasteiger partial charge is 0.416 e. The van der Waals surface area contributed by atoms with Crippen LogP contribution in [0.1, 0.15) is 41.7 Å². The molecule has 0 aliphatic carbocycles. The largest absolute Gasteiger partial charge is 0.496 e. The fourth-order valence-electron chi connectivity index (χ4n) is 4.95. The van der Waals surface area contributed by atoms with Crippen molar-refractivity contribution in [2.75, 3.05) is 38.4 Å². The van der Waals surface area contributed by atoms with E-state index < -0.39 is 29.9 Å². The molecular weight excluding hydrogens is 583 g/mol. The Balaban J connectivity index is 1.49. The number of rotatable bonds is 7. The van der Waals surface area contributed by atoms with Gasteiger partial charge in [-0.3, -0.25) is 14.0 Å². The maximum absolute atomic E-state index is 13.1. The van der Waals surface area contributed by atoms with Crippen LogP contribution in [0.25, 0.3) is 16.8 Å². The number of nitrogen functional groups attached to an aromatic ring is 1. The van der Waals surface area contributed by atoms with Crippen LogP contribution in [0.4, 0.5) is 24.8 Å². The SMILES string of the molecule is COc1cc(C(=O)Nc2cc(C(F)(F)F)ccn2)ccc1-c1nc([C@H]2CN(C(=O)[C@H](C)OC)[C@@H](C)CO2)n2ccnc(N)c12. The van der Waals surface area contributed by atoms with Gasteiger partial charge in [0.25, 0.3) is 11.8 Å². The molecule has 4 heterocycles. The van der Waals surface area contributed by atoms with Crippen molar-refractivity contribution in [3.05, 3.63) is 65.9 Å². The first kappa shape index (κ1) is 30.7.